The maximum atomic E-state index is 11.4. The Morgan fingerprint density at radius 1 is 1.25 bits per heavy atom. The Bertz CT molecular complexity index is 421. The van der Waals surface area contributed by atoms with Crippen molar-refractivity contribution in [1.82, 2.24) is 0 Å². The maximum Gasteiger partial charge on any atom is 0.306 e. The molecule has 1 aliphatic heterocycles. The van der Waals surface area contributed by atoms with Crippen LogP contribution < -0.4 is 0 Å². The van der Waals surface area contributed by atoms with Gasteiger partial charge in [-0.25, -0.2) is 0 Å². The average molecular weight is 274 g/mol. The second-order valence-electron chi connectivity index (χ2n) is 6.71. The van der Waals surface area contributed by atoms with Crippen molar-refractivity contribution in [3.05, 3.63) is 23.8 Å². The highest BCUT2D eigenvalue weighted by molar-refractivity contribution is 5.70. The number of ether oxygens (including phenoxy) is 1. The summed E-state index contributed by atoms with van der Waals surface area (Å²) in [4.78, 5) is 11.4. The first-order valence-electron chi connectivity index (χ1n) is 8.32. The summed E-state index contributed by atoms with van der Waals surface area (Å²) in [7, 11) is 0. The number of esters is 1. The van der Waals surface area contributed by atoms with Crippen LogP contribution in [0, 0.1) is 17.8 Å². The van der Waals surface area contributed by atoms with Gasteiger partial charge in [-0.15, -0.1) is 0 Å². The molecule has 0 spiro atoms. The number of hydrogen-bond donors (Lipinski definition) is 0. The van der Waals surface area contributed by atoms with Crippen LogP contribution in [0.15, 0.2) is 23.8 Å². The molecular weight excluding hydrogens is 248 g/mol. The molecule has 1 heterocycles. The van der Waals surface area contributed by atoms with Gasteiger partial charge in [0.15, 0.2) is 0 Å². The van der Waals surface area contributed by atoms with Crippen molar-refractivity contribution in [1.29, 1.82) is 0 Å². The number of carbonyl (C=O) groups is 1. The number of rotatable bonds is 3. The van der Waals surface area contributed by atoms with Gasteiger partial charge in [0, 0.05) is 6.42 Å². The van der Waals surface area contributed by atoms with Crippen LogP contribution in [0.4, 0.5) is 0 Å². The Morgan fingerprint density at radius 2 is 2.15 bits per heavy atom. The largest absolute Gasteiger partial charge is 0.462 e. The zero-order valence-electron chi connectivity index (χ0n) is 12.5. The fourth-order valence-electron chi connectivity index (χ4n) is 4.17. The van der Waals surface area contributed by atoms with E-state index in [1.807, 2.05) is 0 Å². The topological polar surface area (TPSA) is 26.3 Å². The van der Waals surface area contributed by atoms with E-state index in [9.17, 15) is 4.79 Å². The molecule has 0 aromatic carbocycles. The van der Waals surface area contributed by atoms with Crippen molar-refractivity contribution in [2.24, 2.45) is 17.8 Å². The molecule has 0 bridgehead atoms. The maximum absolute atomic E-state index is 11.4. The van der Waals surface area contributed by atoms with Gasteiger partial charge >= 0.3 is 5.97 Å². The van der Waals surface area contributed by atoms with Crippen molar-refractivity contribution < 1.29 is 9.53 Å². The van der Waals surface area contributed by atoms with Crippen LogP contribution in [0.3, 0.4) is 0 Å². The number of hydrogen-bond acceptors (Lipinski definition) is 2. The van der Waals surface area contributed by atoms with Gasteiger partial charge in [-0.05, 0) is 68.3 Å². The van der Waals surface area contributed by atoms with Crippen molar-refractivity contribution >= 4 is 5.97 Å². The predicted octanol–water partition coefficient (Wildman–Crippen LogP) is 4.41. The summed E-state index contributed by atoms with van der Waals surface area (Å²) < 4.78 is 5.48. The van der Waals surface area contributed by atoms with Gasteiger partial charge in [0.05, 0.1) is 0 Å². The number of cyclic esters (lactones) is 1. The molecule has 1 saturated heterocycles. The molecule has 110 valence electrons. The first-order chi connectivity index (χ1) is 9.74. The highest BCUT2D eigenvalue weighted by Gasteiger charge is 2.32. The van der Waals surface area contributed by atoms with Crippen LogP contribution >= 0.6 is 0 Å². The van der Waals surface area contributed by atoms with Gasteiger partial charge in [-0.2, -0.15) is 0 Å². The molecule has 3 rings (SSSR count). The molecule has 0 aromatic rings. The third-order valence-corrected chi connectivity index (χ3v) is 5.34. The molecule has 2 aliphatic carbocycles. The predicted molar refractivity (Wildman–Crippen MR) is 80.2 cm³/mol. The molecule has 20 heavy (non-hydrogen) atoms. The van der Waals surface area contributed by atoms with Crippen LogP contribution in [0.1, 0.15) is 58.3 Å². The third-order valence-electron chi connectivity index (χ3n) is 5.34. The summed E-state index contributed by atoms with van der Waals surface area (Å²) in [5.74, 6) is 2.17. The van der Waals surface area contributed by atoms with E-state index in [1.54, 1.807) is 5.57 Å². The minimum Gasteiger partial charge on any atom is -0.462 e. The average Bonchev–Trinajstić information content (AvgIpc) is 2.46. The zero-order chi connectivity index (χ0) is 13.9. The molecule has 0 radical (unpaired) electrons. The van der Waals surface area contributed by atoms with Crippen LogP contribution in [-0.4, -0.2) is 12.1 Å². The van der Waals surface area contributed by atoms with E-state index in [0.717, 1.165) is 31.1 Å². The van der Waals surface area contributed by atoms with Gasteiger partial charge in [-0.1, -0.05) is 25.2 Å². The second kappa shape index (κ2) is 6.15. The van der Waals surface area contributed by atoms with Crippen LogP contribution in [0.2, 0.25) is 0 Å². The number of allylic oxidation sites excluding steroid dienone is 4. The molecule has 2 heteroatoms. The Kier molecular flexibility index (Phi) is 4.28. The number of fused-ring (bicyclic) bond motifs is 1. The van der Waals surface area contributed by atoms with E-state index in [1.165, 1.54) is 25.7 Å². The third kappa shape index (κ3) is 2.99. The highest BCUT2D eigenvalue weighted by atomic mass is 16.5. The van der Waals surface area contributed by atoms with Crippen LogP contribution in [0.25, 0.3) is 0 Å². The Hall–Kier alpha value is -1.05. The minimum absolute atomic E-state index is 0.0103. The molecule has 0 aromatic heterocycles. The lowest BCUT2D eigenvalue weighted by molar-refractivity contribution is -0.154. The fourth-order valence-corrected chi connectivity index (χ4v) is 4.17. The van der Waals surface area contributed by atoms with Gasteiger partial charge < -0.3 is 4.74 Å². The van der Waals surface area contributed by atoms with Gasteiger partial charge in [0.2, 0.25) is 0 Å². The summed E-state index contributed by atoms with van der Waals surface area (Å²) in [6.45, 7) is 2.35. The lowest BCUT2D eigenvalue weighted by Gasteiger charge is -2.38. The summed E-state index contributed by atoms with van der Waals surface area (Å²) >= 11 is 0. The normalized spacial score (nSPS) is 37.0. The first kappa shape index (κ1) is 13.9. The van der Waals surface area contributed by atoms with Crippen LogP contribution in [-0.2, 0) is 9.53 Å². The molecule has 0 N–H and O–H groups in total. The summed E-state index contributed by atoms with van der Waals surface area (Å²) in [5.41, 5.74) is 1.57. The summed E-state index contributed by atoms with van der Waals surface area (Å²) in [6.07, 6.45) is 16.2. The standard InChI is InChI=1S/C18H26O2/c1-13-9-10-14-5-2-3-7-17(14)16(13)12-11-15-6-4-8-18(19)20-15/h5,9-10,13,15-17H,2-4,6-8,11-12H2,1H3. The quantitative estimate of drug-likeness (QED) is 0.712. The van der Waals surface area contributed by atoms with E-state index in [2.05, 4.69) is 25.2 Å². The Labute approximate surface area is 122 Å². The lowest BCUT2D eigenvalue weighted by Crippen LogP contribution is -2.30. The van der Waals surface area contributed by atoms with E-state index in [4.69, 9.17) is 4.74 Å². The van der Waals surface area contributed by atoms with Crippen molar-refractivity contribution in [3.8, 4) is 0 Å². The van der Waals surface area contributed by atoms with Crippen molar-refractivity contribution in [2.45, 2.75) is 64.4 Å². The van der Waals surface area contributed by atoms with E-state index in [-0.39, 0.29) is 12.1 Å². The monoisotopic (exact) mass is 274 g/mol. The van der Waals surface area contributed by atoms with Crippen molar-refractivity contribution in [2.75, 3.05) is 0 Å². The second-order valence-corrected chi connectivity index (χ2v) is 6.71. The highest BCUT2D eigenvalue weighted by Crippen LogP contribution is 2.42. The van der Waals surface area contributed by atoms with Gasteiger partial charge in [0.25, 0.3) is 0 Å². The first-order valence-corrected chi connectivity index (χ1v) is 8.32. The van der Waals surface area contributed by atoms with Gasteiger partial charge in [0.1, 0.15) is 6.10 Å². The summed E-state index contributed by atoms with van der Waals surface area (Å²) in [5, 5.41) is 0. The molecule has 0 amide bonds. The minimum atomic E-state index is 0.0103. The molecule has 4 atom stereocenters. The molecule has 3 aliphatic rings. The molecule has 4 unspecified atom stereocenters. The molecule has 2 nitrogen and oxygen atoms in total. The molecule has 0 saturated carbocycles. The fraction of sp³-hybridized carbons (Fsp3) is 0.722. The summed E-state index contributed by atoms with van der Waals surface area (Å²) in [6, 6.07) is 0. The Morgan fingerprint density at radius 3 is 3.00 bits per heavy atom. The van der Waals surface area contributed by atoms with Gasteiger partial charge in [-0.3, -0.25) is 4.79 Å². The Balaban J connectivity index is 1.61. The molecule has 1 fully saturated rings. The van der Waals surface area contributed by atoms with E-state index < -0.39 is 0 Å². The molecular formula is C18H26O2. The van der Waals surface area contributed by atoms with E-state index in [0.29, 0.717) is 12.3 Å². The smallest absolute Gasteiger partial charge is 0.306 e. The van der Waals surface area contributed by atoms with Crippen LogP contribution in [0.5, 0.6) is 0 Å². The lowest BCUT2D eigenvalue weighted by atomic mass is 9.68. The number of carbonyl (C=O) groups excluding carboxylic acids is 1. The zero-order valence-corrected chi connectivity index (χ0v) is 12.5. The van der Waals surface area contributed by atoms with Crippen molar-refractivity contribution in [3.63, 3.8) is 0 Å². The SMILES string of the molecule is CC1C=CC2=CCCCC2C1CCC1CCCC(=O)O1. The van der Waals surface area contributed by atoms with E-state index >= 15 is 0 Å².